The fourth-order valence-corrected chi connectivity index (χ4v) is 3.50. The van der Waals surface area contributed by atoms with Gasteiger partial charge in [-0.2, -0.15) is 18.5 Å². The summed E-state index contributed by atoms with van der Waals surface area (Å²) in [6.45, 7) is 1.34. The lowest BCUT2D eigenvalue weighted by Gasteiger charge is -2.28. The molecule has 1 unspecified atom stereocenters. The van der Waals surface area contributed by atoms with Crippen LogP contribution in [0.2, 0.25) is 0 Å². The van der Waals surface area contributed by atoms with E-state index in [1.165, 1.54) is 14.0 Å². The normalized spacial score (nSPS) is 19.7. The van der Waals surface area contributed by atoms with Gasteiger partial charge in [-0.05, 0) is 19.1 Å². The largest absolute Gasteiger partial charge is 0.467 e. The number of rotatable bonds is 2. The van der Waals surface area contributed by atoms with Gasteiger partial charge in [0.1, 0.15) is 23.4 Å². The number of hydrazone groups is 1. The Morgan fingerprint density at radius 1 is 1.23 bits per heavy atom. The molecule has 0 saturated heterocycles. The minimum absolute atomic E-state index is 0.221. The summed E-state index contributed by atoms with van der Waals surface area (Å²) in [7, 11) is -3.29. The summed E-state index contributed by atoms with van der Waals surface area (Å²) in [6, 6.07) is 1.53. The Kier molecular flexibility index (Phi) is 4.44. The summed E-state index contributed by atoms with van der Waals surface area (Å²) in [6.07, 6.45) is 0.850. The molecule has 1 atom stereocenters. The predicted octanol–water partition coefficient (Wildman–Crippen LogP) is 1.95. The lowest BCUT2D eigenvalue weighted by molar-refractivity contribution is 0.334. The first kappa shape index (κ1) is 17.9. The van der Waals surface area contributed by atoms with E-state index in [0.29, 0.717) is 0 Å². The van der Waals surface area contributed by atoms with E-state index in [4.69, 9.17) is 4.74 Å². The van der Waals surface area contributed by atoms with Crippen molar-refractivity contribution in [3.63, 3.8) is 0 Å². The summed E-state index contributed by atoms with van der Waals surface area (Å²) < 4.78 is 73.2. The van der Waals surface area contributed by atoms with Crippen molar-refractivity contribution >= 4 is 32.6 Å². The van der Waals surface area contributed by atoms with Crippen LogP contribution < -0.4 is 4.72 Å². The monoisotopic (exact) mass is 387 g/mol. The molecule has 0 spiro atoms. The number of nitrogens with zero attached hydrogens (tertiary/aromatic N) is 4. The smallest absolute Gasteiger partial charge is 0.319 e. The highest BCUT2D eigenvalue weighted by atomic mass is 32.2. The van der Waals surface area contributed by atoms with E-state index in [1.54, 1.807) is 4.72 Å². The minimum atomic E-state index is -4.51. The molecule has 3 rings (SSSR count). The van der Waals surface area contributed by atoms with E-state index in [9.17, 15) is 21.6 Å². The van der Waals surface area contributed by atoms with Crippen molar-refractivity contribution in [2.75, 3.05) is 11.8 Å². The molecule has 12 heteroatoms. The SMILES string of the molecule is COC1=NC=C(F)C2=NC(C)C(S(=O)(=O)Nc3c(F)cccc3F)=NN12. The zero-order valence-corrected chi connectivity index (χ0v) is 14.3. The van der Waals surface area contributed by atoms with Crippen LogP contribution in [0.1, 0.15) is 6.92 Å². The van der Waals surface area contributed by atoms with Crippen molar-refractivity contribution in [1.82, 2.24) is 5.01 Å². The first-order chi connectivity index (χ1) is 12.2. The minimum Gasteiger partial charge on any atom is -0.467 e. The van der Waals surface area contributed by atoms with Crippen LogP contribution in [0.25, 0.3) is 0 Å². The number of nitrogens with one attached hydrogen (secondary N) is 1. The van der Waals surface area contributed by atoms with Gasteiger partial charge in [0, 0.05) is 0 Å². The van der Waals surface area contributed by atoms with Crippen molar-refractivity contribution in [3.8, 4) is 0 Å². The number of amidine groups is 2. The molecule has 0 fully saturated rings. The predicted molar refractivity (Wildman–Crippen MR) is 88.7 cm³/mol. The van der Waals surface area contributed by atoms with Crippen LogP contribution in [0.3, 0.4) is 0 Å². The zero-order chi connectivity index (χ0) is 19.1. The molecule has 8 nitrogen and oxygen atoms in total. The van der Waals surface area contributed by atoms with Gasteiger partial charge in [-0.15, -0.1) is 0 Å². The summed E-state index contributed by atoms with van der Waals surface area (Å²) in [4.78, 5) is 7.55. The highest BCUT2D eigenvalue weighted by Gasteiger charge is 2.37. The van der Waals surface area contributed by atoms with Gasteiger partial charge >= 0.3 is 6.02 Å². The summed E-state index contributed by atoms with van der Waals surface area (Å²) in [5, 5.41) is 3.96. The lowest BCUT2D eigenvalue weighted by atomic mass is 10.3. The van der Waals surface area contributed by atoms with Crippen LogP contribution in [-0.2, 0) is 14.8 Å². The van der Waals surface area contributed by atoms with Crippen LogP contribution in [0, 0.1) is 11.6 Å². The number of fused-ring (bicyclic) bond motifs is 1. The zero-order valence-electron chi connectivity index (χ0n) is 13.4. The Bertz CT molecular complexity index is 967. The topological polar surface area (TPSA) is 95.7 Å². The van der Waals surface area contributed by atoms with Crippen LogP contribution in [0.4, 0.5) is 18.9 Å². The molecule has 0 saturated carbocycles. The number of ether oxygens (including phenoxy) is 1. The van der Waals surface area contributed by atoms with Crippen molar-refractivity contribution in [1.29, 1.82) is 0 Å². The second-order valence-corrected chi connectivity index (χ2v) is 6.80. The maximum Gasteiger partial charge on any atom is 0.319 e. The van der Waals surface area contributed by atoms with Crippen LogP contribution >= 0.6 is 0 Å². The van der Waals surface area contributed by atoms with Gasteiger partial charge < -0.3 is 4.74 Å². The van der Waals surface area contributed by atoms with Crippen molar-refractivity contribution in [2.24, 2.45) is 15.1 Å². The maximum absolute atomic E-state index is 13.9. The molecule has 0 radical (unpaired) electrons. The third-order valence-electron chi connectivity index (χ3n) is 3.41. The van der Waals surface area contributed by atoms with E-state index >= 15 is 0 Å². The molecule has 2 aliphatic heterocycles. The molecule has 1 aromatic carbocycles. The van der Waals surface area contributed by atoms with Crippen LogP contribution in [0.15, 0.2) is 45.3 Å². The fraction of sp³-hybridized carbons (Fsp3) is 0.214. The number of hydrogen-bond acceptors (Lipinski definition) is 7. The molecule has 1 N–H and O–H groups in total. The number of hydrogen-bond donors (Lipinski definition) is 1. The van der Waals surface area contributed by atoms with E-state index in [-0.39, 0.29) is 11.9 Å². The second kappa shape index (κ2) is 6.44. The molecular formula is C14H12F3N5O3S. The summed E-state index contributed by atoms with van der Waals surface area (Å²) >= 11 is 0. The Hall–Kier alpha value is -2.89. The quantitative estimate of drug-likeness (QED) is 0.839. The molecule has 0 bridgehead atoms. The first-order valence-corrected chi connectivity index (χ1v) is 8.64. The highest BCUT2D eigenvalue weighted by Crippen LogP contribution is 2.24. The lowest BCUT2D eigenvalue weighted by Crippen LogP contribution is -2.45. The van der Waals surface area contributed by atoms with Gasteiger partial charge in [0.05, 0.1) is 13.3 Å². The number of anilines is 1. The van der Waals surface area contributed by atoms with Crippen LogP contribution in [0.5, 0.6) is 0 Å². The average Bonchev–Trinajstić information content (AvgIpc) is 2.58. The Labute approximate surface area is 146 Å². The van der Waals surface area contributed by atoms with Crippen molar-refractivity contribution in [2.45, 2.75) is 13.0 Å². The molecule has 1 aromatic rings. The summed E-state index contributed by atoms with van der Waals surface area (Å²) in [5.74, 6) is -3.34. The van der Waals surface area contributed by atoms with E-state index in [1.807, 2.05) is 0 Å². The van der Waals surface area contributed by atoms with Gasteiger partial charge in [0.2, 0.25) is 0 Å². The van der Waals surface area contributed by atoms with Crippen LogP contribution in [-0.4, -0.2) is 43.5 Å². The molecule has 2 heterocycles. The number of halogens is 3. The van der Waals surface area contributed by atoms with E-state index in [0.717, 1.165) is 29.4 Å². The molecule has 0 aromatic heterocycles. The number of benzene rings is 1. The summed E-state index contributed by atoms with van der Waals surface area (Å²) in [5.41, 5.74) is -0.859. The maximum atomic E-state index is 13.9. The first-order valence-electron chi connectivity index (χ1n) is 7.15. The Morgan fingerprint density at radius 3 is 2.50 bits per heavy atom. The van der Waals surface area contributed by atoms with Gasteiger partial charge in [-0.3, -0.25) is 9.71 Å². The average molecular weight is 387 g/mol. The number of para-hydroxylation sites is 1. The second-order valence-electron chi connectivity index (χ2n) is 5.17. The molecule has 26 heavy (non-hydrogen) atoms. The van der Waals surface area contributed by atoms with E-state index in [2.05, 4.69) is 15.1 Å². The third kappa shape index (κ3) is 3.03. The molecule has 0 aliphatic carbocycles. The molecular weight excluding hydrogens is 375 g/mol. The fourth-order valence-electron chi connectivity index (χ4n) is 2.24. The van der Waals surface area contributed by atoms with Gasteiger partial charge in [0.25, 0.3) is 10.0 Å². The van der Waals surface area contributed by atoms with Crippen molar-refractivity contribution in [3.05, 3.63) is 41.9 Å². The Morgan fingerprint density at radius 2 is 1.88 bits per heavy atom. The Balaban J connectivity index is 2.01. The van der Waals surface area contributed by atoms with Gasteiger partial charge in [0.15, 0.2) is 16.7 Å². The number of sulfonamides is 1. The standard InChI is InChI=1S/C14H12F3N5O3S/c1-7-13(20-22-12(19-7)10(17)6-18-14(22)25-2)26(23,24)21-11-8(15)4-3-5-9(11)16/h3-7,21H,1-2H3. The third-order valence-corrected chi connectivity index (χ3v) is 4.86. The molecule has 2 aliphatic rings. The number of aliphatic imine (C=N–C) groups is 2. The van der Waals surface area contributed by atoms with Crippen molar-refractivity contribution < 1.29 is 26.3 Å². The van der Waals surface area contributed by atoms with Gasteiger partial charge in [-0.25, -0.2) is 18.2 Å². The molecule has 138 valence electrons. The highest BCUT2D eigenvalue weighted by molar-refractivity contribution is 8.07. The van der Waals surface area contributed by atoms with Gasteiger partial charge in [-0.1, -0.05) is 6.07 Å². The number of methoxy groups -OCH3 is 1. The van der Waals surface area contributed by atoms with E-state index < -0.39 is 44.3 Å². The molecule has 0 amide bonds.